The van der Waals surface area contributed by atoms with Crippen molar-refractivity contribution in [2.45, 2.75) is 36.4 Å². The Bertz CT molecular complexity index is 876. The minimum Gasteiger partial charge on any atom is -0.267 e. The van der Waals surface area contributed by atoms with Crippen LogP contribution >= 0.6 is 15.9 Å². The van der Waals surface area contributed by atoms with Gasteiger partial charge in [-0.15, -0.1) is 0 Å². The van der Waals surface area contributed by atoms with E-state index in [1.807, 2.05) is 0 Å². The zero-order valence-corrected chi connectivity index (χ0v) is 15.3. The van der Waals surface area contributed by atoms with Crippen LogP contribution in [-0.2, 0) is 22.7 Å². The smallest absolute Gasteiger partial charge is 0.267 e. The number of nitrogens with zero attached hydrogens (tertiary/aromatic N) is 2. The van der Waals surface area contributed by atoms with Gasteiger partial charge in [-0.05, 0) is 47.0 Å². The molecule has 1 aliphatic carbocycles. The molecule has 10 heteroatoms. The molecule has 0 radical (unpaired) electrons. The van der Waals surface area contributed by atoms with Gasteiger partial charge >= 0.3 is 6.18 Å². The van der Waals surface area contributed by atoms with E-state index in [2.05, 4.69) is 25.8 Å². The number of hydrogen-bond donors (Lipinski definition) is 1. The summed E-state index contributed by atoms with van der Waals surface area (Å²) in [6.07, 6.45) is -2.86. The maximum Gasteiger partial charge on any atom is 0.435 e. The van der Waals surface area contributed by atoms with Gasteiger partial charge in [-0.3, -0.25) is 4.68 Å². The summed E-state index contributed by atoms with van der Waals surface area (Å²) in [6, 6.07) is 7.38. The number of aromatic nitrogens is 2. The largest absolute Gasteiger partial charge is 0.435 e. The molecule has 1 heterocycles. The SMILES string of the molecule is O=S(=O)(NCCn1nc(C(F)(F)F)cc1C1CC1)c1ccccc1Br. The predicted octanol–water partition coefficient (Wildman–Crippen LogP) is 3.52. The van der Waals surface area contributed by atoms with E-state index in [1.54, 1.807) is 18.2 Å². The van der Waals surface area contributed by atoms with Crippen molar-refractivity contribution in [2.75, 3.05) is 6.54 Å². The van der Waals surface area contributed by atoms with Gasteiger partial charge in [0, 0.05) is 22.6 Å². The standard InChI is InChI=1S/C15H15BrF3N3O2S/c16-11-3-1-2-4-13(11)25(23,24)20-7-8-22-12(10-5-6-10)9-14(21-22)15(17,18)19/h1-4,9-10,20H,5-8H2. The van der Waals surface area contributed by atoms with Crippen molar-refractivity contribution >= 4 is 26.0 Å². The molecular weight excluding hydrogens is 423 g/mol. The fraction of sp³-hybridized carbons (Fsp3) is 0.400. The molecule has 0 atom stereocenters. The minimum atomic E-state index is -4.51. The van der Waals surface area contributed by atoms with E-state index in [9.17, 15) is 21.6 Å². The molecule has 5 nitrogen and oxygen atoms in total. The lowest BCUT2D eigenvalue weighted by Crippen LogP contribution is -2.28. The van der Waals surface area contributed by atoms with Crippen LogP contribution in [0.5, 0.6) is 0 Å². The number of rotatable bonds is 6. The summed E-state index contributed by atoms with van der Waals surface area (Å²) in [5, 5.41) is 3.60. The Kier molecular flexibility index (Phi) is 4.95. The first-order chi connectivity index (χ1) is 11.7. The van der Waals surface area contributed by atoms with Crippen LogP contribution in [0.1, 0.15) is 30.1 Å². The Hall–Kier alpha value is -1.39. The Morgan fingerprint density at radius 2 is 1.96 bits per heavy atom. The Morgan fingerprint density at radius 1 is 1.28 bits per heavy atom. The van der Waals surface area contributed by atoms with Crippen LogP contribution in [0.4, 0.5) is 13.2 Å². The number of sulfonamides is 1. The highest BCUT2D eigenvalue weighted by atomic mass is 79.9. The molecule has 1 aromatic heterocycles. The van der Waals surface area contributed by atoms with Gasteiger partial charge in [-0.25, -0.2) is 13.1 Å². The van der Waals surface area contributed by atoms with E-state index in [-0.39, 0.29) is 23.9 Å². The number of nitrogens with one attached hydrogen (secondary N) is 1. The topological polar surface area (TPSA) is 64.0 Å². The zero-order chi connectivity index (χ0) is 18.2. The molecule has 1 N–H and O–H groups in total. The molecule has 1 aliphatic rings. The number of halogens is 4. The second kappa shape index (κ2) is 6.73. The maximum absolute atomic E-state index is 12.8. The Morgan fingerprint density at radius 3 is 2.56 bits per heavy atom. The second-order valence-corrected chi connectivity index (χ2v) is 8.37. The van der Waals surface area contributed by atoms with Gasteiger partial charge in [0.1, 0.15) is 0 Å². The molecule has 1 fully saturated rings. The first kappa shape index (κ1) is 18.4. The summed E-state index contributed by atoms with van der Waals surface area (Å²) in [6.45, 7) is -0.0199. The van der Waals surface area contributed by atoms with Gasteiger partial charge in [-0.2, -0.15) is 18.3 Å². The van der Waals surface area contributed by atoms with Crippen LogP contribution in [0.15, 0.2) is 39.7 Å². The van der Waals surface area contributed by atoms with Crippen LogP contribution in [-0.4, -0.2) is 24.7 Å². The molecule has 0 aliphatic heterocycles. The van der Waals surface area contributed by atoms with Crippen LogP contribution in [0, 0.1) is 0 Å². The van der Waals surface area contributed by atoms with Gasteiger partial charge < -0.3 is 0 Å². The summed E-state index contributed by atoms with van der Waals surface area (Å²) in [4.78, 5) is 0.0777. The lowest BCUT2D eigenvalue weighted by Gasteiger charge is -2.10. The molecule has 136 valence electrons. The first-order valence-electron chi connectivity index (χ1n) is 7.57. The molecule has 1 aromatic carbocycles. The van der Waals surface area contributed by atoms with E-state index in [1.165, 1.54) is 10.7 Å². The van der Waals surface area contributed by atoms with E-state index in [0.29, 0.717) is 10.2 Å². The van der Waals surface area contributed by atoms with Crippen LogP contribution in [0.3, 0.4) is 0 Å². The van der Waals surface area contributed by atoms with E-state index in [4.69, 9.17) is 0 Å². The van der Waals surface area contributed by atoms with Crippen molar-refractivity contribution in [1.82, 2.24) is 14.5 Å². The highest BCUT2D eigenvalue weighted by molar-refractivity contribution is 9.10. The van der Waals surface area contributed by atoms with Gasteiger partial charge in [0.25, 0.3) is 0 Å². The van der Waals surface area contributed by atoms with Crippen molar-refractivity contribution in [3.05, 3.63) is 46.2 Å². The molecule has 0 unspecified atom stereocenters. The van der Waals surface area contributed by atoms with E-state index >= 15 is 0 Å². The fourth-order valence-corrected chi connectivity index (χ4v) is 4.50. The summed E-state index contributed by atoms with van der Waals surface area (Å²) >= 11 is 3.17. The van der Waals surface area contributed by atoms with E-state index in [0.717, 1.165) is 18.9 Å². The van der Waals surface area contributed by atoms with Crippen LogP contribution in [0.25, 0.3) is 0 Å². The van der Waals surface area contributed by atoms with E-state index < -0.39 is 21.9 Å². The maximum atomic E-state index is 12.8. The second-order valence-electron chi connectivity index (χ2n) is 5.78. The lowest BCUT2D eigenvalue weighted by molar-refractivity contribution is -0.141. The predicted molar refractivity (Wildman–Crippen MR) is 88.5 cm³/mol. The summed E-state index contributed by atoms with van der Waals surface area (Å²) in [5.41, 5.74) is -0.435. The summed E-state index contributed by atoms with van der Waals surface area (Å²) in [7, 11) is -3.76. The van der Waals surface area contributed by atoms with Crippen LogP contribution < -0.4 is 4.72 Å². The molecule has 3 rings (SSSR count). The molecule has 2 aromatic rings. The quantitative estimate of drug-likeness (QED) is 0.751. The fourth-order valence-electron chi connectivity index (χ4n) is 2.48. The third-order valence-electron chi connectivity index (χ3n) is 3.84. The zero-order valence-electron chi connectivity index (χ0n) is 12.9. The van der Waals surface area contributed by atoms with Crippen molar-refractivity contribution < 1.29 is 21.6 Å². The summed E-state index contributed by atoms with van der Waals surface area (Å²) in [5.74, 6) is 0.0727. The third-order valence-corrected chi connectivity index (χ3v) is 6.31. The van der Waals surface area contributed by atoms with Gasteiger partial charge in [0.15, 0.2) is 5.69 Å². The van der Waals surface area contributed by atoms with Gasteiger partial charge in [0.2, 0.25) is 10.0 Å². The number of alkyl halides is 3. The highest BCUT2D eigenvalue weighted by Gasteiger charge is 2.37. The molecule has 0 spiro atoms. The van der Waals surface area contributed by atoms with Crippen molar-refractivity contribution in [3.8, 4) is 0 Å². The van der Waals surface area contributed by atoms with Crippen LogP contribution in [0.2, 0.25) is 0 Å². The van der Waals surface area contributed by atoms with Gasteiger partial charge in [-0.1, -0.05) is 12.1 Å². The normalized spacial score (nSPS) is 15.5. The highest BCUT2D eigenvalue weighted by Crippen LogP contribution is 2.42. The van der Waals surface area contributed by atoms with Crippen molar-refractivity contribution in [2.24, 2.45) is 0 Å². The lowest BCUT2D eigenvalue weighted by atomic mass is 10.2. The molecule has 0 bridgehead atoms. The average Bonchev–Trinajstić information content (AvgIpc) is 3.26. The monoisotopic (exact) mass is 437 g/mol. The van der Waals surface area contributed by atoms with Crippen molar-refractivity contribution in [3.63, 3.8) is 0 Å². The van der Waals surface area contributed by atoms with Gasteiger partial charge in [0.05, 0.1) is 11.4 Å². The third kappa shape index (κ3) is 4.24. The average molecular weight is 438 g/mol. The molecule has 0 saturated heterocycles. The summed E-state index contributed by atoms with van der Waals surface area (Å²) < 4.78 is 67.2. The molecular formula is C15H15BrF3N3O2S. The Balaban J connectivity index is 1.72. The molecule has 1 saturated carbocycles. The molecule has 0 amide bonds. The first-order valence-corrected chi connectivity index (χ1v) is 9.85. The number of hydrogen-bond acceptors (Lipinski definition) is 3. The Labute approximate surface area is 151 Å². The minimum absolute atomic E-state index is 0.0333. The number of benzene rings is 1. The van der Waals surface area contributed by atoms with Crippen molar-refractivity contribution in [1.29, 1.82) is 0 Å². The molecule has 25 heavy (non-hydrogen) atoms.